The lowest BCUT2D eigenvalue weighted by Gasteiger charge is -2.36. The lowest BCUT2D eigenvalue weighted by molar-refractivity contribution is -0.130. The van der Waals surface area contributed by atoms with Crippen LogP contribution in [0.3, 0.4) is 0 Å². The number of hydrogen-bond acceptors (Lipinski definition) is 3. The van der Waals surface area contributed by atoms with Crippen LogP contribution in [0.15, 0.2) is 0 Å². The number of nitrogens with two attached hydrogens (primary N) is 1. The molecule has 0 spiro atoms. The molecule has 2 rings (SSSR count). The number of carbonyl (C=O) groups excluding carboxylic acids is 2. The zero-order chi connectivity index (χ0) is 15.4. The predicted octanol–water partition coefficient (Wildman–Crippen LogP) is 1.27. The van der Waals surface area contributed by atoms with Crippen molar-refractivity contribution in [1.29, 1.82) is 0 Å². The third-order valence-electron chi connectivity index (χ3n) is 5.22. The summed E-state index contributed by atoms with van der Waals surface area (Å²) >= 11 is 0. The Morgan fingerprint density at radius 2 is 1.90 bits per heavy atom. The molecule has 2 amide bonds. The molecule has 120 valence electrons. The summed E-state index contributed by atoms with van der Waals surface area (Å²) in [5.74, 6) is 0.310. The van der Waals surface area contributed by atoms with E-state index in [0.29, 0.717) is 18.5 Å². The SMILES string of the molecule is C[C@@H]1CCCC[C@H]1NC(=O)[C@@H](C)N1CCC[C@H](C(N)=O)C1. The van der Waals surface area contributed by atoms with Gasteiger partial charge in [0.2, 0.25) is 11.8 Å². The summed E-state index contributed by atoms with van der Waals surface area (Å²) in [4.78, 5) is 25.9. The molecule has 0 unspecified atom stereocenters. The van der Waals surface area contributed by atoms with Gasteiger partial charge in [-0.25, -0.2) is 0 Å². The standard InChI is InChI=1S/C16H29N3O2/c1-11-6-3-4-8-14(11)18-16(21)12(2)19-9-5-7-13(10-19)15(17)20/h11-14H,3-10H2,1-2H3,(H2,17,20)(H,18,21)/t11-,12-,13+,14-/m1/s1. The minimum Gasteiger partial charge on any atom is -0.369 e. The van der Waals surface area contributed by atoms with Gasteiger partial charge < -0.3 is 11.1 Å². The highest BCUT2D eigenvalue weighted by molar-refractivity contribution is 5.82. The van der Waals surface area contributed by atoms with Crippen molar-refractivity contribution < 1.29 is 9.59 Å². The van der Waals surface area contributed by atoms with Gasteiger partial charge in [-0.05, 0) is 45.1 Å². The van der Waals surface area contributed by atoms with Crippen molar-refractivity contribution in [3.8, 4) is 0 Å². The van der Waals surface area contributed by atoms with Gasteiger partial charge in [-0.1, -0.05) is 19.8 Å². The molecule has 0 aromatic carbocycles. The molecule has 3 N–H and O–H groups in total. The van der Waals surface area contributed by atoms with E-state index in [9.17, 15) is 9.59 Å². The van der Waals surface area contributed by atoms with Gasteiger partial charge in [0.25, 0.3) is 0 Å². The molecular weight excluding hydrogens is 266 g/mol. The van der Waals surface area contributed by atoms with Crippen LogP contribution < -0.4 is 11.1 Å². The number of nitrogens with one attached hydrogen (secondary N) is 1. The van der Waals surface area contributed by atoms with Crippen LogP contribution >= 0.6 is 0 Å². The predicted molar refractivity (Wildman–Crippen MR) is 82.5 cm³/mol. The van der Waals surface area contributed by atoms with Crippen LogP contribution in [-0.4, -0.2) is 41.9 Å². The summed E-state index contributed by atoms with van der Waals surface area (Å²) in [5, 5.41) is 3.21. The maximum absolute atomic E-state index is 12.5. The van der Waals surface area contributed by atoms with E-state index in [-0.39, 0.29) is 23.8 Å². The van der Waals surface area contributed by atoms with Crippen LogP contribution in [0.1, 0.15) is 52.4 Å². The molecule has 4 atom stereocenters. The number of piperidine rings is 1. The first kappa shape index (κ1) is 16.3. The molecule has 0 radical (unpaired) electrons. The van der Waals surface area contributed by atoms with Crippen molar-refractivity contribution >= 4 is 11.8 Å². The number of likely N-dealkylation sites (tertiary alicyclic amines) is 1. The second-order valence-corrected chi connectivity index (χ2v) is 6.79. The van der Waals surface area contributed by atoms with Gasteiger partial charge >= 0.3 is 0 Å². The first-order valence-corrected chi connectivity index (χ1v) is 8.32. The van der Waals surface area contributed by atoms with Crippen molar-refractivity contribution in [2.45, 2.75) is 64.5 Å². The van der Waals surface area contributed by atoms with Crippen molar-refractivity contribution in [1.82, 2.24) is 10.2 Å². The summed E-state index contributed by atoms with van der Waals surface area (Å²) < 4.78 is 0. The molecule has 2 fully saturated rings. The molecule has 2 aliphatic rings. The Kier molecular flexibility index (Phi) is 5.62. The van der Waals surface area contributed by atoms with Crippen LogP contribution in [-0.2, 0) is 9.59 Å². The van der Waals surface area contributed by atoms with E-state index in [0.717, 1.165) is 25.8 Å². The molecular formula is C16H29N3O2. The smallest absolute Gasteiger partial charge is 0.237 e. The van der Waals surface area contributed by atoms with Crippen LogP contribution in [0.4, 0.5) is 0 Å². The molecule has 1 aliphatic carbocycles. The van der Waals surface area contributed by atoms with E-state index >= 15 is 0 Å². The summed E-state index contributed by atoms with van der Waals surface area (Å²) in [6.45, 7) is 5.65. The average Bonchev–Trinajstić information content (AvgIpc) is 2.49. The van der Waals surface area contributed by atoms with Gasteiger partial charge in [-0.3, -0.25) is 14.5 Å². The van der Waals surface area contributed by atoms with Crippen LogP contribution in [0.25, 0.3) is 0 Å². The Labute approximate surface area is 127 Å². The molecule has 1 heterocycles. The first-order valence-electron chi connectivity index (χ1n) is 8.32. The van der Waals surface area contributed by atoms with E-state index in [1.807, 2.05) is 6.92 Å². The number of amides is 2. The number of rotatable bonds is 4. The highest BCUT2D eigenvalue weighted by Gasteiger charge is 2.31. The van der Waals surface area contributed by atoms with E-state index in [2.05, 4.69) is 17.1 Å². The zero-order valence-electron chi connectivity index (χ0n) is 13.3. The fraction of sp³-hybridized carbons (Fsp3) is 0.875. The van der Waals surface area contributed by atoms with E-state index in [1.54, 1.807) is 0 Å². The number of primary amides is 1. The van der Waals surface area contributed by atoms with E-state index in [1.165, 1.54) is 19.3 Å². The minimum atomic E-state index is -0.242. The molecule has 5 heteroatoms. The van der Waals surface area contributed by atoms with Crippen LogP contribution in [0.5, 0.6) is 0 Å². The van der Waals surface area contributed by atoms with Crippen LogP contribution in [0.2, 0.25) is 0 Å². The van der Waals surface area contributed by atoms with Crippen molar-refractivity contribution in [3.05, 3.63) is 0 Å². The highest BCUT2D eigenvalue weighted by Crippen LogP contribution is 2.24. The van der Waals surface area contributed by atoms with E-state index in [4.69, 9.17) is 5.73 Å². The minimum absolute atomic E-state index is 0.0962. The van der Waals surface area contributed by atoms with Crippen molar-refractivity contribution in [3.63, 3.8) is 0 Å². The lowest BCUT2D eigenvalue weighted by Crippen LogP contribution is -2.53. The molecule has 1 aliphatic heterocycles. The van der Waals surface area contributed by atoms with Gasteiger partial charge in [0.1, 0.15) is 0 Å². The highest BCUT2D eigenvalue weighted by atomic mass is 16.2. The monoisotopic (exact) mass is 295 g/mol. The van der Waals surface area contributed by atoms with Crippen molar-refractivity contribution in [2.24, 2.45) is 17.6 Å². The van der Waals surface area contributed by atoms with Gasteiger partial charge in [-0.2, -0.15) is 0 Å². The molecule has 0 aromatic heterocycles. The third kappa shape index (κ3) is 4.19. The summed E-state index contributed by atoms with van der Waals surface area (Å²) in [7, 11) is 0. The molecule has 5 nitrogen and oxygen atoms in total. The number of nitrogens with zero attached hydrogens (tertiary/aromatic N) is 1. The molecule has 0 aromatic rings. The van der Waals surface area contributed by atoms with Gasteiger partial charge in [-0.15, -0.1) is 0 Å². The number of carbonyl (C=O) groups is 2. The fourth-order valence-corrected chi connectivity index (χ4v) is 3.59. The fourth-order valence-electron chi connectivity index (χ4n) is 3.59. The average molecular weight is 295 g/mol. The molecule has 21 heavy (non-hydrogen) atoms. The summed E-state index contributed by atoms with van der Waals surface area (Å²) in [5.41, 5.74) is 5.41. The second kappa shape index (κ2) is 7.25. The first-order chi connectivity index (χ1) is 9.99. The Balaban J connectivity index is 1.87. The molecule has 1 saturated carbocycles. The Bertz CT molecular complexity index is 386. The van der Waals surface area contributed by atoms with Crippen LogP contribution in [0, 0.1) is 11.8 Å². The maximum atomic E-state index is 12.5. The normalized spacial score (nSPS) is 32.4. The largest absolute Gasteiger partial charge is 0.369 e. The maximum Gasteiger partial charge on any atom is 0.237 e. The third-order valence-corrected chi connectivity index (χ3v) is 5.22. The molecule has 0 bridgehead atoms. The Morgan fingerprint density at radius 3 is 2.57 bits per heavy atom. The van der Waals surface area contributed by atoms with Gasteiger partial charge in [0.05, 0.1) is 12.0 Å². The quantitative estimate of drug-likeness (QED) is 0.820. The summed E-state index contributed by atoms with van der Waals surface area (Å²) in [6, 6.07) is 0.131. The zero-order valence-corrected chi connectivity index (χ0v) is 13.3. The molecule has 1 saturated heterocycles. The second-order valence-electron chi connectivity index (χ2n) is 6.79. The Morgan fingerprint density at radius 1 is 1.19 bits per heavy atom. The topological polar surface area (TPSA) is 75.4 Å². The van der Waals surface area contributed by atoms with Crippen molar-refractivity contribution in [2.75, 3.05) is 13.1 Å². The number of hydrogen-bond donors (Lipinski definition) is 2. The van der Waals surface area contributed by atoms with E-state index < -0.39 is 0 Å². The van der Waals surface area contributed by atoms with Gasteiger partial charge in [0.15, 0.2) is 0 Å². The summed E-state index contributed by atoms with van der Waals surface area (Å²) in [6.07, 6.45) is 6.55. The van der Waals surface area contributed by atoms with Gasteiger partial charge in [0, 0.05) is 12.6 Å². The Hall–Kier alpha value is -1.10. The lowest BCUT2D eigenvalue weighted by atomic mass is 9.86.